The minimum absolute atomic E-state index is 0.133. The number of allylic oxidation sites excluding steroid dienone is 4. The summed E-state index contributed by atoms with van der Waals surface area (Å²) in [5.74, 6) is 13.6. The van der Waals surface area contributed by atoms with E-state index < -0.39 is 0 Å². The second kappa shape index (κ2) is 6.84. The lowest BCUT2D eigenvalue weighted by atomic mass is 9.71. The first kappa shape index (κ1) is 14.9. The molecular formula is C20H16S2. The largest absolute Gasteiger partial charge is 0.151 e. The smallest absolute Gasteiger partial charge is 0.0670 e. The van der Waals surface area contributed by atoms with Gasteiger partial charge in [0.1, 0.15) is 0 Å². The molecule has 22 heavy (non-hydrogen) atoms. The molecule has 0 bridgehead atoms. The molecule has 0 aromatic carbocycles. The van der Waals surface area contributed by atoms with Crippen molar-refractivity contribution in [3.63, 3.8) is 0 Å². The van der Waals surface area contributed by atoms with Crippen LogP contribution in [0.2, 0.25) is 0 Å². The third-order valence-corrected chi connectivity index (χ3v) is 5.17. The molecule has 2 aromatic heterocycles. The van der Waals surface area contributed by atoms with E-state index >= 15 is 0 Å². The SMILES string of the molecule is CCC1(C#Cc2ccsc2)C=CC=CC1C#Cc1ccsc1. The van der Waals surface area contributed by atoms with Crippen LogP contribution in [0.4, 0.5) is 0 Å². The Hall–Kier alpha value is -2.00. The van der Waals surface area contributed by atoms with Gasteiger partial charge in [-0.05, 0) is 29.3 Å². The van der Waals surface area contributed by atoms with Crippen molar-refractivity contribution in [3.05, 3.63) is 69.1 Å². The summed E-state index contributed by atoms with van der Waals surface area (Å²) in [6.45, 7) is 2.19. The molecule has 0 amide bonds. The van der Waals surface area contributed by atoms with Crippen LogP contribution in [0.25, 0.3) is 0 Å². The minimum atomic E-state index is -0.195. The lowest BCUT2D eigenvalue weighted by Gasteiger charge is -2.29. The van der Waals surface area contributed by atoms with Gasteiger partial charge in [-0.25, -0.2) is 0 Å². The summed E-state index contributed by atoms with van der Waals surface area (Å²) in [6, 6.07) is 4.13. The summed E-state index contributed by atoms with van der Waals surface area (Å²) in [7, 11) is 0. The Bertz CT molecular complexity index is 783. The topological polar surface area (TPSA) is 0 Å². The van der Waals surface area contributed by atoms with Gasteiger partial charge in [0, 0.05) is 21.9 Å². The van der Waals surface area contributed by atoms with Gasteiger partial charge in [-0.2, -0.15) is 22.7 Å². The number of rotatable bonds is 1. The van der Waals surface area contributed by atoms with Crippen molar-refractivity contribution in [1.29, 1.82) is 0 Å². The van der Waals surface area contributed by atoms with Crippen LogP contribution in [0.15, 0.2) is 58.0 Å². The summed E-state index contributed by atoms with van der Waals surface area (Å²) in [5.41, 5.74) is 1.98. The molecule has 108 valence electrons. The van der Waals surface area contributed by atoms with Crippen molar-refractivity contribution in [2.45, 2.75) is 13.3 Å². The average molecular weight is 320 g/mol. The maximum atomic E-state index is 3.49. The Balaban J connectivity index is 1.93. The quantitative estimate of drug-likeness (QED) is 0.621. The molecule has 0 saturated heterocycles. The monoisotopic (exact) mass is 320 g/mol. The van der Waals surface area contributed by atoms with Crippen LogP contribution in [0.5, 0.6) is 0 Å². The Labute approximate surface area is 140 Å². The minimum Gasteiger partial charge on any atom is -0.151 e. The molecule has 2 aromatic rings. The zero-order chi connectivity index (χ0) is 15.3. The van der Waals surface area contributed by atoms with E-state index in [0.29, 0.717) is 0 Å². The van der Waals surface area contributed by atoms with Crippen molar-refractivity contribution >= 4 is 22.7 Å². The van der Waals surface area contributed by atoms with Crippen molar-refractivity contribution in [3.8, 4) is 23.7 Å². The molecule has 2 atom stereocenters. The summed E-state index contributed by atoms with van der Waals surface area (Å²) >= 11 is 3.36. The number of hydrogen-bond acceptors (Lipinski definition) is 2. The molecule has 2 heteroatoms. The van der Waals surface area contributed by atoms with Crippen LogP contribution in [-0.4, -0.2) is 0 Å². The van der Waals surface area contributed by atoms with Gasteiger partial charge in [-0.1, -0.05) is 54.9 Å². The highest BCUT2D eigenvalue weighted by molar-refractivity contribution is 7.08. The highest BCUT2D eigenvalue weighted by Crippen LogP contribution is 2.36. The van der Waals surface area contributed by atoms with Crippen LogP contribution < -0.4 is 0 Å². The van der Waals surface area contributed by atoms with Crippen molar-refractivity contribution < 1.29 is 0 Å². The standard InChI is InChI=1S/C20H16S2/c1-2-20(12-8-18-10-14-22-16-18)11-4-3-5-19(20)7-6-17-9-13-21-15-17/h3-5,9-11,13-16,19H,2H2,1H3. The van der Waals surface area contributed by atoms with E-state index in [0.717, 1.165) is 17.5 Å². The maximum Gasteiger partial charge on any atom is 0.0670 e. The number of hydrogen-bond donors (Lipinski definition) is 0. The van der Waals surface area contributed by atoms with E-state index in [4.69, 9.17) is 0 Å². The van der Waals surface area contributed by atoms with Crippen LogP contribution in [0.1, 0.15) is 24.5 Å². The molecule has 0 spiro atoms. The van der Waals surface area contributed by atoms with Crippen LogP contribution in [-0.2, 0) is 0 Å². The lowest BCUT2D eigenvalue weighted by Crippen LogP contribution is -2.25. The van der Waals surface area contributed by atoms with E-state index in [9.17, 15) is 0 Å². The third kappa shape index (κ3) is 3.25. The molecule has 0 fully saturated rings. The summed E-state index contributed by atoms with van der Waals surface area (Å²) < 4.78 is 0. The average Bonchev–Trinajstić information content (AvgIpc) is 3.25. The zero-order valence-electron chi connectivity index (χ0n) is 12.4. The van der Waals surface area contributed by atoms with Crippen molar-refractivity contribution in [1.82, 2.24) is 0 Å². The predicted molar refractivity (Wildman–Crippen MR) is 96.9 cm³/mol. The van der Waals surface area contributed by atoms with Gasteiger partial charge >= 0.3 is 0 Å². The second-order valence-corrected chi connectivity index (χ2v) is 6.72. The van der Waals surface area contributed by atoms with Gasteiger partial charge in [0.25, 0.3) is 0 Å². The van der Waals surface area contributed by atoms with Gasteiger partial charge in [0.15, 0.2) is 0 Å². The molecule has 0 N–H and O–H groups in total. The maximum absolute atomic E-state index is 3.49. The van der Waals surface area contributed by atoms with E-state index in [2.05, 4.69) is 88.6 Å². The predicted octanol–water partition coefficient (Wildman–Crippen LogP) is 5.35. The summed E-state index contributed by atoms with van der Waals surface area (Å²) in [4.78, 5) is 0. The first-order chi connectivity index (χ1) is 10.8. The molecule has 0 radical (unpaired) electrons. The molecule has 2 heterocycles. The Morgan fingerprint density at radius 2 is 1.77 bits per heavy atom. The second-order valence-electron chi connectivity index (χ2n) is 5.16. The number of thiophene rings is 2. The molecule has 0 aliphatic heterocycles. The molecule has 1 aliphatic rings. The molecule has 0 saturated carbocycles. The molecule has 0 nitrogen and oxygen atoms in total. The zero-order valence-corrected chi connectivity index (χ0v) is 14.0. The summed E-state index contributed by atoms with van der Waals surface area (Å²) in [5, 5.41) is 8.29. The fraction of sp³-hybridized carbons (Fsp3) is 0.200. The highest BCUT2D eigenvalue weighted by atomic mass is 32.1. The Morgan fingerprint density at radius 3 is 2.41 bits per heavy atom. The first-order valence-electron chi connectivity index (χ1n) is 7.27. The van der Waals surface area contributed by atoms with Crippen LogP contribution >= 0.6 is 22.7 Å². The van der Waals surface area contributed by atoms with Gasteiger partial charge in [0.05, 0.1) is 11.3 Å². The molecule has 1 aliphatic carbocycles. The molecule has 3 rings (SSSR count). The lowest BCUT2D eigenvalue weighted by molar-refractivity contribution is 0.425. The van der Waals surface area contributed by atoms with E-state index in [-0.39, 0.29) is 11.3 Å². The van der Waals surface area contributed by atoms with Crippen LogP contribution in [0.3, 0.4) is 0 Å². The van der Waals surface area contributed by atoms with Crippen molar-refractivity contribution in [2.24, 2.45) is 11.3 Å². The third-order valence-electron chi connectivity index (χ3n) is 3.80. The Kier molecular flexibility index (Phi) is 4.64. The van der Waals surface area contributed by atoms with E-state index in [1.54, 1.807) is 22.7 Å². The van der Waals surface area contributed by atoms with Gasteiger partial charge < -0.3 is 0 Å². The van der Waals surface area contributed by atoms with Crippen molar-refractivity contribution in [2.75, 3.05) is 0 Å². The normalized spacial score (nSPS) is 22.5. The summed E-state index contributed by atoms with van der Waals surface area (Å²) in [6.07, 6.45) is 9.50. The van der Waals surface area contributed by atoms with Gasteiger partial charge in [0.2, 0.25) is 0 Å². The Morgan fingerprint density at radius 1 is 1.05 bits per heavy atom. The fourth-order valence-electron chi connectivity index (χ4n) is 2.42. The van der Waals surface area contributed by atoms with Gasteiger partial charge in [-0.15, -0.1) is 0 Å². The molecule has 2 unspecified atom stereocenters. The van der Waals surface area contributed by atoms with Gasteiger partial charge in [-0.3, -0.25) is 0 Å². The van der Waals surface area contributed by atoms with Crippen LogP contribution in [0, 0.1) is 35.0 Å². The van der Waals surface area contributed by atoms with E-state index in [1.807, 2.05) is 0 Å². The molecular weight excluding hydrogens is 304 g/mol. The highest BCUT2D eigenvalue weighted by Gasteiger charge is 2.32. The first-order valence-corrected chi connectivity index (χ1v) is 9.16. The fourth-order valence-corrected chi connectivity index (χ4v) is 3.60. The van der Waals surface area contributed by atoms with E-state index in [1.165, 1.54) is 0 Å².